The number of benzene rings is 1. The third kappa shape index (κ3) is 9.88. The zero-order chi connectivity index (χ0) is 40.1. The number of amides is 3. The van der Waals surface area contributed by atoms with Gasteiger partial charge in [0.1, 0.15) is 40.7 Å². The Bertz CT molecular complexity index is 1670. The molecular formula is C37H50ClN3O12S. The largest absolute Gasteiger partial charge is 0.495 e. The highest BCUT2D eigenvalue weighted by molar-refractivity contribution is 7.99. The number of ether oxygens (including phenoxy) is 5. The van der Waals surface area contributed by atoms with Crippen molar-refractivity contribution in [1.82, 2.24) is 10.2 Å². The average molecular weight is 796 g/mol. The summed E-state index contributed by atoms with van der Waals surface area (Å²) >= 11 is 7.82. The van der Waals surface area contributed by atoms with Crippen molar-refractivity contribution in [2.24, 2.45) is 5.92 Å². The number of allylic oxidation sites excluding steroid dienone is 3. The van der Waals surface area contributed by atoms with E-state index in [0.717, 1.165) is 22.9 Å². The standard InChI is InChI=1S/C37H50ClN3O12S/c1-20-10-9-11-27(50-8)37(48)18-26(51-35(47)39-37)21(2)33-36(4,53-33)28(52-34(46)22(3)40(5)29(42)12-13-54-19-31(44)45)17-30(43)41(6)24-15-23(14-20)16-25(49-7)32(24)38/h9-11,15-16,21-22,26-28,33,48H,12-14,17-19H2,1-8H3,(H,39,47)(H,44,45)/t21-,22+,26+,27-,28+,33+,36+,37+/m1/s1. The molecule has 1 aromatic carbocycles. The maximum atomic E-state index is 14.1. The summed E-state index contributed by atoms with van der Waals surface area (Å²) in [4.78, 5) is 67.0. The number of fused-ring (bicyclic) bond motifs is 5. The fourth-order valence-corrected chi connectivity index (χ4v) is 7.66. The van der Waals surface area contributed by atoms with E-state index in [1.807, 2.05) is 13.0 Å². The number of anilines is 1. The van der Waals surface area contributed by atoms with Crippen LogP contribution >= 0.6 is 23.4 Å². The summed E-state index contributed by atoms with van der Waals surface area (Å²) in [6.45, 7) is 6.85. The minimum Gasteiger partial charge on any atom is -0.495 e. The molecule has 0 saturated carbocycles. The van der Waals surface area contributed by atoms with Gasteiger partial charge in [-0.25, -0.2) is 9.59 Å². The van der Waals surface area contributed by atoms with Crippen LogP contribution in [0.15, 0.2) is 35.9 Å². The molecule has 15 nitrogen and oxygen atoms in total. The number of aliphatic carboxylic acids is 1. The molecule has 0 spiro atoms. The zero-order valence-electron chi connectivity index (χ0n) is 31.8. The van der Waals surface area contributed by atoms with E-state index in [1.165, 1.54) is 38.0 Å². The van der Waals surface area contributed by atoms with Crippen LogP contribution < -0.4 is 15.0 Å². The minimum absolute atomic E-state index is 0.00116. The van der Waals surface area contributed by atoms with Gasteiger partial charge in [-0.3, -0.25) is 19.7 Å². The molecule has 4 bridgehead atoms. The van der Waals surface area contributed by atoms with Gasteiger partial charge in [-0.1, -0.05) is 42.3 Å². The fourth-order valence-electron chi connectivity index (χ4n) is 6.71. The lowest BCUT2D eigenvalue weighted by Gasteiger charge is -2.42. The fraction of sp³-hybridized carbons (Fsp3) is 0.595. The molecule has 54 heavy (non-hydrogen) atoms. The van der Waals surface area contributed by atoms with E-state index in [2.05, 4.69) is 5.32 Å². The SMILES string of the molecule is COc1cc2cc(c1Cl)N(C)C(=O)C[C@H](OC(=O)[C@H](C)N(C)C(=O)CCSCC(=O)O)[C@]1(C)O[C@H]1[C@H](C)[C@@H]1C[C@@](O)(NC(=O)O1)[C@H](OC)C=CC=C(C)C2. The number of aliphatic hydroxyl groups is 1. The molecule has 3 heterocycles. The highest BCUT2D eigenvalue weighted by Crippen LogP contribution is 2.49. The summed E-state index contributed by atoms with van der Waals surface area (Å²) in [5.41, 5.74) is -1.06. The van der Waals surface area contributed by atoms with Crippen LogP contribution in [0.5, 0.6) is 5.75 Å². The summed E-state index contributed by atoms with van der Waals surface area (Å²) in [6.07, 6.45) is 0.627. The molecule has 0 aromatic heterocycles. The Labute approximate surface area is 324 Å². The van der Waals surface area contributed by atoms with Crippen molar-refractivity contribution in [3.8, 4) is 5.75 Å². The van der Waals surface area contributed by atoms with Crippen molar-refractivity contribution in [3.63, 3.8) is 0 Å². The number of nitrogens with zero attached hydrogens (tertiary/aromatic N) is 2. The van der Waals surface area contributed by atoms with Crippen LogP contribution in [-0.4, -0.2) is 127 Å². The number of nitrogens with one attached hydrogen (secondary N) is 1. The van der Waals surface area contributed by atoms with Crippen molar-refractivity contribution < 1.29 is 57.9 Å². The monoisotopic (exact) mass is 795 g/mol. The molecule has 2 saturated heterocycles. The Morgan fingerprint density at radius 1 is 1.24 bits per heavy atom. The summed E-state index contributed by atoms with van der Waals surface area (Å²) in [5, 5.41) is 23.3. The van der Waals surface area contributed by atoms with E-state index in [1.54, 1.807) is 45.2 Å². The molecular weight excluding hydrogens is 746 g/mol. The van der Waals surface area contributed by atoms with E-state index >= 15 is 0 Å². The first-order valence-electron chi connectivity index (χ1n) is 17.5. The van der Waals surface area contributed by atoms with Gasteiger partial charge in [0.2, 0.25) is 11.8 Å². The van der Waals surface area contributed by atoms with Crippen LogP contribution in [0.1, 0.15) is 52.5 Å². The van der Waals surface area contributed by atoms with Gasteiger partial charge in [-0.05, 0) is 44.9 Å². The molecule has 3 N–H and O–H groups in total. The molecule has 2 fully saturated rings. The van der Waals surface area contributed by atoms with E-state index in [4.69, 9.17) is 40.4 Å². The maximum Gasteiger partial charge on any atom is 0.409 e. The third-order valence-corrected chi connectivity index (χ3v) is 11.5. The van der Waals surface area contributed by atoms with Gasteiger partial charge >= 0.3 is 18.0 Å². The highest BCUT2D eigenvalue weighted by Gasteiger charge is 2.64. The Balaban J connectivity index is 1.71. The second-order valence-electron chi connectivity index (χ2n) is 14.1. The molecule has 4 rings (SSSR count). The first-order chi connectivity index (χ1) is 25.3. The van der Waals surface area contributed by atoms with Crippen LogP contribution in [0.2, 0.25) is 5.02 Å². The second-order valence-corrected chi connectivity index (χ2v) is 15.6. The molecule has 3 amide bonds. The predicted octanol–water partition coefficient (Wildman–Crippen LogP) is 3.72. The van der Waals surface area contributed by atoms with Gasteiger partial charge < -0.3 is 43.7 Å². The van der Waals surface area contributed by atoms with Crippen LogP contribution in [0.25, 0.3) is 0 Å². The van der Waals surface area contributed by atoms with Crippen LogP contribution in [0, 0.1) is 5.92 Å². The number of thioether (sulfide) groups is 1. The molecule has 0 aliphatic carbocycles. The molecule has 17 heteroatoms. The molecule has 0 unspecified atom stereocenters. The second kappa shape index (κ2) is 17.8. The zero-order valence-corrected chi connectivity index (χ0v) is 33.3. The summed E-state index contributed by atoms with van der Waals surface area (Å²) < 4.78 is 29.1. The number of hydrogen-bond acceptors (Lipinski definition) is 12. The lowest BCUT2D eigenvalue weighted by molar-refractivity contribution is -0.162. The van der Waals surface area contributed by atoms with E-state index in [9.17, 15) is 29.1 Å². The molecule has 298 valence electrons. The number of alkyl carbamates (subject to hydrolysis) is 1. The van der Waals surface area contributed by atoms with Gasteiger partial charge in [0.05, 0.1) is 31.1 Å². The van der Waals surface area contributed by atoms with Crippen molar-refractivity contribution in [2.75, 3.05) is 44.7 Å². The van der Waals surface area contributed by atoms with E-state index in [0.29, 0.717) is 17.9 Å². The first-order valence-corrected chi connectivity index (χ1v) is 19.0. The van der Waals surface area contributed by atoms with Crippen molar-refractivity contribution in [3.05, 3.63) is 46.5 Å². The Hall–Kier alpha value is -3.83. The lowest BCUT2D eigenvalue weighted by atomic mass is 9.83. The van der Waals surface area contributed by atoms with Crippen LogP contribution in [0.3, 0.4) is 0 Å². The van der Waals surface area contributed by atoms with Crippen LogP contribution in [0.4, 0.5) is 10.5 Å². The predicted molar refractivity (Wildman–Crippen MR) is 201 cm³/mol. The van der Waals surface area contributed by atoms with Gasteiger partial charge in [-0.15, -0.1) is 11.8 Å². The minimum atomic E-state index is -1.85. The van der Waals surface area contributed by atoms with E-state index in [-0.39, 0.29) is 35.8 Å². The van der Waals surface area contributed by atoms with Crippen molar-refractivity contribution in [1.29, 1.82) is 0 Å². The average Bonchev–Trinajstić information content (AvgIpc) is 3.81. The van der Waals surface area contributed by atoms with Gasteiger partial charge in [0.25, 0.3) is 0 Å². The molecule has 3 aliphatic rings. The third-order valence-electron chi connectivity index (χ3n) is 10.2. The number of carboxylic acid groups (broad SMARTS) is 1. The molecule has 3 aliphatic heterocycles. The van der Waals surface area contributed by atoms with Gasteiger partial charge in [0.15, 0.2) is 5.72 Å². The van der Waals surface area contributed by atoms with E-state index < -0.39 is 77.5 Å². The number of rotatable bonds is 10. The smallest absolute Gasteiger partial charge is 0.409 e. The summed E-state index contributed by atoms with van der Waals surface area (Å²) in [6, 6.07) is 2.47. The number of epoxide rings is 1. The summed E-state index contributed by atoms with van der Waals surface area (Å²) in [5.74, 6) is -2.79. The number of methoxy groups -OCH3 is 2. The molecule has 0 radical (unpaired) electrons. The first kappa shape index (κ1) is 42.9. The quantitative estimate of drug-likeness (QED) is 0.176. The number of likely N-dealkylation sites (N-methyl/N-ethyl adjacent to an activating group) is 1. The maximum absolute atomic E-state index is 14.1. The number of carbonyl (C=O) groups excluding carboxylic acids is 4. The Kier molecular flexibility index (Phi) is 14.1. The number of halogens is 1. The normalized spacial score (nSPS) is 29.2. The van der Waals surface area contributed by atoms with Gasteiger partial charge in [-0.2, -0.15) is 0 Å². The lowest BCUT2D eigenvalue weighted by Crippen LogP contribution is -2.63. The van der Waals surface area contributed by atoms with Crippen molar-refractivity contribution >= 4 is 58.9 Å². The Morgan fingerprint density at radius 2 is 1.94 bits per heavy atom. The van der Waals surface area contributed by atoms with Crippen molar-refractivity contribution in [2.45, 2.75) is 95.2 Å². The molecule has 8 atom stereocenters. The number of carboxylic acids is 1. The number of esters is 1. The van der Waals surface area contributed by atoms with Gasteiger partial charge in [0, 0.05) is 45.7 Å². The Morgan fingerprint density at radius 3 is 2.59 bits per heavy atom. The highest BCUT2D eigenvalue weighted by atomic mass is 35.5. The van der Waals surface area contributed by atoms with Crippen LogP contribution in [-0.2, 0) is 44.5 Å². The number of carbonyl (C=O) groups is 5. The number of hydrogen-bond donors (Lipinski definition) is 3. The summed E-state index contributed by atoms with van der Waals surface area (Å²) in [7, 11) is 5.87. The molecule has 1 aromatic rings. The topological polar surface area (TPSA) is 194 Å².